The number of nitrogens with one attached hydrogen (secondary N) is 2. The van der Waals surface area contributed by atoms with Crippen molar-refractivity contribution in [2.45, 2.75) is 22.8 Å². The molecule has 2 unspecified atom stereocenters. The lowest BCUT2D eigenvalue weighted by Crippen LogP contribution is -2.39. The zero-order valence-electron chi connectivity index (χ0n) is 15.2. The fourth-order valence-electron chi connectivity index (χ4n) is 3.07. The summed E-state index contributed by atoms with van der Waals surface area (Å²) in [6.45, 7) is 0.308. The maximum absolute atomic E-state index is 12.1. The number of carbonyl (C=O) groups excluding carboxylic acids is 1. The van der Waals surface area contributed by atoms with Crippen molar-refractivity contribution in [3.8, 4) is 0 Å². The summed E-state index contributed by atoms with van der Waals surface area (Å²) in [6.07, 6.45) is 0.695. The van der Waals surface area contributed by atoms with Gasteiger partial charge in [0.15, 0.2) is 11.2 Å². The van der Waals surface area contributed by atoms with Crippen molar-refractivity contribution >= 4 is 34.8 Å². The van der Waals surface area contributed by atoms with E-state index in [9.17, 15) is 9.59 Å². The molecule has 1 aliphatic rings. The van der Waals surface area contributed by atoms with Gasteiger partial charge in [-0.25, -0.2) is 4.98 Å². The summed E-state index contributed by atoms with van der Waals surface area (Å²) in [5, 5.41) is 2.14. The third-order valence-electron chi connectivity index (χ3n) is 4.30. The molecule has 148 valence electrons. The quantitative estimate of drug-likeness (QED) is 0.540. The molecule has 11 nitrogen and oxygen atoms in total. The average molecular weight is 398 g/mol. The molecule has 2 aromatic rings. The maximum Gasteiger partial charge on any atom is 0.280 e. The summed E-state index contributed by atoms with van der Waals surface area (Å²) in [5.74, 6) is -0.255. The van der Waals surface area contributed by atoms with Crippen LogP contribution in [-0.4, -0.2) is 77.4 Å². The van der Waals surface area contributed by atoms with Gasteiger partial charge in [-0.15, -0.1) is 11.8 Å². The van der Waals surface area contributed by atoms with Crippen molar-refractivity contribution in [3.05, 3.63) is 16.7 Å². The molecule has 0 spiro atoms. The van der Waals surface area contributed by atoms with Gasteiger partial charge in [0.05, 0.1) is 18.2 Å². The molecule has 1 fully saturated rings. The lowest BCUT2D eigenvalue weighted by Gasteiger charge is -2.25. The molecule has 3 rings (SSSR count). The van der Waals surface area contributed by atoms with Crippen LogP contribution in [0.15, 0.2) is 11.1 Å². The van der Waals surface area contributed by atoms with Crippen LogP contribution in [0.1, 0.15) is 5.37 Å². The van der Waals surface area contributed by atoms with Crippen LogP contribution in [0.3, 0.4) is 0 Å². The standard InChI is InChI=1S/C15H22N6O5S/c1-17-8(22)5-26-11-10(25-3)7(4-24-2)27-14(11)21-6-18-9-12(21)19-15(16)20-13(9)23/h6-7,10-11,14H,4-5H2,1-3H3,(H,17,22)(H3,16,19,20,23)/t7-,10?,11?,14-/m1/s1. The Labute approximate surface area is 159 Å². The van der Waals surface area contributed by atoms with Gasteiger partial charge in [-0.05, 0) is 0 Å². The Morgan fingerprint density at radius 2 is 2.22 bits per heavy atom. The highest BCUT2D eigenvalue weighted by molar-refractivity contribution is 8.00. The monoisotopic (exact) mass is 398 g/mol. The summed E-state index contributed by atoms with van der Waals surface area (Å²) >= 11 is 1.54. The van der Waals surface area contributed by atoms with E-state index in [0.29, 0.717) is 12.3 Å². The molecular weight excluding hydrogens is 376 g/mol. The van der Waals surface area contributed by atoms with Gasteiger partial charge < -0.3 is 25.3 Å². The topological polar surface area (TPSA) is 146 Å². The average Bonchev–Trinajstić information content (AvgIpc) is 3.20. The first kappa shape index (κ1) is 19.6. The number of aromatic amines is 1. The Bertz CT molecular complexity index is 870. The summed E-state index contributed by atoms with van der Waals surface area (Å²) in [5.41, 5.74) is 5.79. The molecule has 3 heterocycles. The number of rotatable bonds is 7. The summed E-state index contributed by atoms with van der Waals surface area (Å²) in [4.78, 5) is 34.5. The van der Waals surface area contributed by atoms with E-state index >= 15 is 0 Å². The van der Waals surface area contributed by atoms with Crippen LogP contribution in [0.25, 0.3) is 11.2 Å². The van der Waals surface area contributed by atoms with Gasteiger partial charge in [-0.3, -0.25) is 19.1 Å². The first-order chi connectivity index (χ1) is 13.0. The Morgan fingerprint density at radius 3 is 2.89 bits per heavy atom. The number of nitrogens with two attached hydrogens (primary N) is 1. The van der Waals surface area contributed by atoms with Crippen molar-refractivity contribution in [1.29, 1.82) is 0 Å². The van der Waals surface area contributed by atoms with Crippen molar-refractivity contribution in [1.82, 2.24) is 24.8 Å². The molecule has 0 bridgehead atoms. The molecule has 1 aliphatic heterocycles. The van der Waals surface area contributed by atoms with Crippen LogP contribution in [0.4, 0.5) is 5.95 Å². The molecule has 0 radical (unpaired) electrons. The third kappa shape index (κ3) is 3.78. The van der Waals surface area contributed by atoms with Crippen LogP contribution in [-0.2, 0) is 19.0 Å². The second-order valence-electron chi connectivity index (χ2n) is 5.94. The SMILES string of the molecule is CNC(=O)COC1C(OC)[C@@H](COC)S[C@H]1n1cnc2c(=O)[nH]c(N)nc21. The van der Waals surface area contributed by atoms with Crippen molar-refractivity contribution in [2.75, 3.05) is 40.2 Å². The van der Waals surface area contributed by atoms with E-state index in [-0.39, 0.29) is 40.7 Å². The number of hydrogen-bond acceptors (Lipinski definition) is 9. The van der Waals surface area contributed by atoms with Gasteiger partial charge in [0.1, 0.15) is 24.2 Å². The predicted molar refractivity (Wildman–Crippen MR) is 99.5 cm³/mol. The highest BCUT2D eigenvalue weighted by Gasteiger charge is 2.47. The molecule has 12 heteroatoms. The lowest BCUT2D eigenvalue weighted by molar-refractivity contribution is -0.131. The van der Waals surface area contributed by atoms with Crippen LogP contribution in [0, 0.1) is 0 Å². The van der Waals surface area contributed by atoms with E-state index in [2.05, 4.69) is 20.3 Å². The minimum absolute atomic E-state index is 0.00295. The molecule has 4 N–H and O–H groups in total. The second kappa shape index (κ2) is 8.25. The van der Waals surface area contributed by atoms with E-state index in [4.69, 9.17) is 19.9 Å². The van der Waals surface area contributed by atoms with E-state index in [1.54, 1.807) is 30.5 Å². The Kier molecular flexibility index (Phi) is 5.99. The number of imidazole rings is 1. The normalized spacial score (nSPS) is 25.1. The highest BCUT2D eigenvalue weighted by Crippen LogP contribution is 2.45. The molecule has 1 saturated heterocycles. The number of nitrogen functional groups attached to an aromatic ring is 1. The smallest absolute Gasteiger partial charge is 0.280 e. The minimum Gasteiger partial charge on any atom is -0.383 e. The molecule has 2 aromatic heterocycles. The minimum atomic E-state index is -0.489. The number of hydrogen-bond donors (Lipinski definition) is 3. The fourth-order valence-corrected chi connectivity index (χ4v) is 4.73. The number of anilines is 1. The summed E-state index contributed by atoms with van der Waals surface area (Å²) in [7, 11) is 4.73. The molecule has 4 atom stereocenters. The van der Waals surface area contributed by atoms with Crippen molar-refractivity contribution in [2.24, 2.45) is 0 Å². The number of fused-ring (bicyclic) bond motifs is 1. The zero-order valence-corrected chi connectivity index (χ0v) is 16.0. The number of aromatic nitrogens is 4. The largest absolute Gasteiger partial charge is 0.383 e. The third-order valence-corrected chi connectivity index (χ3v) is 5.83. The van der Waals surface area contributed by atoms with E-state index in [1.807, 2.05) is 0 Å². The Morgan fingerprint density at radius 1 is 1.44 bits per heavy atom. The van der Waals surface area contributed by atoms with Gasteiger partial charge in [0, 0.05) is 21.3 Å². The molecule has 0 aliphatic carbocycles. The molecule has 27 heavy (non-hydrogen) atoms. The molecule has 0 aromatic carbocycles. The van der Waals surface area contributed by atoms with Gasteiger partial charge >= 0.3 is 0 Å². The maximum atomic E-state index is 12.1. The number of ether oxygens (including phenoxy) is 3. The van der Waals surface area contributed by atoms with Gasteiger partial charge in [0.2, 0.25) is 11.9 Å². The fraction of sp³-hybridized carbons (Fsp3) is 0.600. The molecular formula is C15H22N6O5S. The number of H-pyrrole nitrogens is 1. The van der Waals surface area contributed by atoms with Crippen LogP contribution in [0.5, 0.6) is 0 Å². The first-order valence-corrected chi connectivity index (χ1v) is 9.16. The van der Waals surface area contributed by atoms with E-state index in [1.165, 1.54) is 13.4 Å². The number of nitrogens with zero attached hydrogens (tertiary/aromatic N) is 3. The number of methoxy groups -OCH3 is 2. The Hall–Kier alpha value is -2.15. The summed E-state index contributed by atoms with van der Waals surface area (Å²) in [6, 6.07) is 0. The second-order valence-corrected chi connectivity index (χ2v) is 7.31. The van der Waals surface area contributed by atoms with Gasteiger partial charge in [0.25, 0.3) is 5.56 Å². The van der Waals surface area contributed by atoms with Crippen LogP contribution in [0.2, 0.25) is 0 Å². The number of likely N-dealkylation sites (N-methyl/N-ethyl adjacent to an activating group) is 1. The van der Waals surface area contributed by atoms with E-state index < -0.39 is 11.7 Å². The number of amides is 1. The van der Waals surface area contributed by atoms with Gasteiger partial charge in [-0.2, -0.15) is 4.98 Å². The first-order valence-electron chi connectivity index (χ1n) is 8.21. The van der Waals surface area contributed by atoms with Crippen LogP contribution >= 0.6 is 11.8 Å². The highest BCUT2D eigenvalue weighted by atomic mass is 32.2. The van der Waals surface area contributed by atoms with Crippen LogP contribution < -0.4 is 16.6 Å². The van der Waals surface area contributed by atoms with Crippen molar-refractivity contribution in [3.63, 3.8) is 0 Å². The number of thioether (sulfide) groups is 1. The molecule has 1 amide bonds. The van der Waals surface area contributed by atoms with Crippen molar-refractivity contribution < 1.29 is 19.0 Å². The zero-order chi connectivity index (χ0) is 19.6. The van der Waals surface area contributed by atoms with E-state index in [0.717, 1.165) is 0 Å². The Balaban J connectivity index is 2.00. The predicted octanol–water partition coefficient (Wildman–Crippen LogP) is -0.892. The summed E-state index contributed by atoms with van der Waals surface area (Å²) < 4.78 is 18.5. The van der Waals surface area contributed by atoms with Gasteiger partial charge in [-0.1, -0.05) is 0 Å². The molecule has 0 saturated carbocycles. The number of carbonyl (C=O) groups is 1. The lowest BCUT2D eigenvalue weighted by atomic mass is 10.1.